The van der Waals surface area contributed by atoms with E-state index in [1.165, 1.54) is 7.11 Å². The lowest BCUT2D eigenvalue weighted by Crippen LogP contribution is -2.43. The van der Waals surface area contributed by atoms with Crippen molar-refractivity contribution >= 4 is 17.7 Å². The van der Waals surface area contributed by atoms with Crippen LogP contribution in [0.1, 0.15) is 20.8 Å². The smallest absolute Gasteiger partial charge is 0.333 e. The third kappa shape index (κ3) is 4.18. The molecular weight excluding hydrogens is 222 g/mol. The zero-order valence-corrected chi connectivity index (χ0v) is 11.4. The van der Waals surface area contributed by atoms with E-state index in [2.05, 4.69) is 23.5 Å². The standard InChI is InChI=1S/C12H21NO2S/c1-10(11(14)15-4)5-6-13-7-8-16-12(2,3)9-13/h5H,6-9H2,1-4H3. The summed E-state index contributed by atoms with van der Waals surface area (Å²) in [5, 5.41) is 0. The molecule has 1 aliphatic heterocycles. The third-order valence-corrected chi connectivity index (χ3v) is 3.97. The third-order valence-electron chi connectivity index (χ3n) is 2.67. The lowest BCUT2D eigenvalue weighted by Gasteiger charge is -2.37. The molecule has 0 unspecified atom stereocenters. The second-order valence-electron chi connectivity index (χ2n) is 4.72. The molecule has 0 saturated carbocycles. The number of methoxy groups -OCH3 is 1. The van der Waals surface area contributed by atoms with Crippen LogP contribution in [0.25, 0.3) is 0 Å². The molecule has 0 N–H and O–H groups in total. The molecule has 92 valence electrons. The highest BCUT2D eigenvalue weighted by Gasteiger charge is 2.26. The summed E-state index contributed by atoms with van der Waals surface area (Å²) in [6.45, 7) is 9.34. The first-order valence-corrected chi connectivity index (χ1v) is 6.54. The first kappa shape index (κ1) is 13.6. The highest BCUT2D eigenvalue weighted by molar-refractivity contribution is 8.00. The fraction of sp³-hybridized carbons (Fsp3) is 0.750. The predicted molar refractivity (Wildman–Crippen MR) is 68.8 cm³/mol. The van der Waals surface area contributed by atoms with Gasteiger partial charge in [0.25, 0.3) is 0 Å². The van der Waals surface area contributed by atoms with Crippen molar-refractivity contribution in [2.45, 2.75) is 25.5 Å². The molecule has 16 heavy (non-hydrogen) atoms. The van der Waals surface area contributed by atoms with Gasteiger partial charge in [-0.1, -0.05) is 6.08 Å². The number of thioether (sulfide) groups is 1. The average Bonchev–Trinajstić information content (AvgIpc) is 2.23. The van der Waals surface area contributed by atoms with Crippen LogP contribution in [0, 0.1) is 0 Å². The van der Waals surface area contributed by atoms with Gasteiger partial charge in [0.1, 0.15) is 0 Å². The van der Waals surface area contributed by atoms with Gasteiger partial charge < -0.3 is 4.74 Å². The van der Waals surface area contributed by atoms with E-state index in [1.54, 1.807) is 6.92 Å². The second-order valence-corrected chi connectivity index (χ2v) is 6.52. The topological polar surface area (TPSA) is 29.5 Å². The van der Waals surface area contributed by atoms with Crippen LogP contribution in [0.15, 0.2) is 11.6 Å². The number of hydrogen-bond donors (Lipinski definition) is 0. The molecule has 0 atom stereocenters. The largest absolute Gasteiger partial charge is 0.466 e. The van der Waals surface area contributed by atoms with Gasteiger partial charge in [-0.3, -0.25) is 4.90 Å². The molecular formula is C12H21NO2S. The molecule has 0 aromatic rings. The van der Waals surface area contributed by atoms with Crippen LogP contribution in [0.3, 0.4) is 0 Å². The number of rotatable bonds is 3. The van der Waals surface area contributed by atoms with Crippen molar-refractivity contribution in [3.8, 4) is 0 Å². The SMILES string of the molecule is COC(=O)C(C)=CCN1CCSC(C)(C)C1. The highest BCUT2D eigenvalue weighted by Crippen LogP contribution is 2.29. The summed E-state index contributed by atoms with van der Waals surface area (Å²) in [6.07, 6.45) is 1.96. The van der Waals surface area contributed by atoms with E-state index in [0.717, 1.165) is 25.4 Å². The zero-order valence-electron chi connectivity index (χ0n) is 10.6. The van der Waals surface area contributed by atoms with Crippen LogP contribution in [-0.2, 0) is 9.53 Å². The normalized spacial score (nSPS) is 21.9. The molecule has 0 bridgehead atoms. The molecule has 0 aromatic heterocycles. The summed E-state index contributed by atoms with van der Waals surface area (Å²) in [6, 6.07) is 0. The molecule has 1 rings (SSSR count). The van der Waals surface area contributed by atoms with Crippen LogP contribution in [0.5, 0.6) is 0 Å². The lowest BCUT2D eigenvalue weighted by molar-refractivity contribution is -0.136. The molecule has 1 saturated heterocycles. The number of carbonyl (C=O) groups excluding carboxylic acids is 1. The summed E-state index contributed by atoms with van der Waals surface area (Å²) in [5.41, 5.74) is 0.693. The van der Waals surface area contributed by atoms with Gasteiger partial charge in [0.15, 0.2) is 0 Å². The summed E-state index contributed by atoms with van der Waals surface area (Å²) < 4.78 is 4.99. The van der Waals surface area contributed by atoms with Gasteiger partial charge in [0.2, 0.25) is 0 Å². The lowest BCUT2D eigenvalue weighted by atomic mass is 10.2. The predicted octanol–water partition coefficient (Wildman–Crippen LogP) is 1.93. The van der Waals surface area contributed by atoms with Gasteiger partial charge in [0.05, 0.1) is 7.11 Å². The van der Waals surface area contributed by atoms with E-state index in [0.29, 0.717) is 10.3 Å². The molecule has 0 spiro atoms. The maximum absolute atomic E-state index is 11.2. The Morgan fingerprint density at radius 1 is 1.56 bits per heavy atom. The van der Waals surface area contributed by atoms with E-state index in [1.807, 2.05) is 17.8 Å². The van der Waals surface area contributed by atoms with Crippen molar-refractivity contribution in [2.24, 2.45) is 0 Å². The van der Waals surface area contributed by atoms with Gasteiger partial charge in [-0.2, -0.15) is 11.8 Å². The van der Waals surface area contributed by atoms with Crippen molar-refractivity contribution < 1.29 is 9.53 Å². The van der Waals surface area contributed by atoms with Gasteiger partial charge in [-0.05, 0) is 20.8 Å². The Morgan fingerprint density at radius 2 is 2.25 bits per heavy atom. The van der Waals surface area contributed by atoms with E-state index in [-0.39, 0.29) is 5.97 Å². The quantitative estimate of drug-likeness (QED) is 0.559. The van der Waals surface area contributed by atoms with E-state index in [9.17, 15) is 4.79 Å². The van der Waals surface area contributed by atoms with Crippen molar-refractivity contribution in [3.63, 3.8) is 0 Å². The molecule has 3 nitrogen and oxygen atoms in total. The second kappa shape index (κ2) is 5.73. The number of hydrogen-bond acceptors (Lipinski definition) is 4. The molecule has 4 heteroatoms. The average molecular weight is 243 g/mol. The molecule has 1 heterocycles. The van der Waals surface area contributed by atoms with Crippen molar-refractivity contribution in [3.05, 3.63) is 11.6 Å². The number of carbonyl (C=O) groups is 1. The van der Waals surface area contributed by atoms with Crippen molar-refractivity contribution in [1.82, 2.24) is 4.90 Å². The Kier molecular flexibility index (Phi) is 4.87. The van der Waals surface area contributed by atoms with Crippen LogP contribution < -0.4 is 0 Å². The van der Waals surface area contributed by atoms with E-state index < -0.39 is 0 Å². The minimum Gasteiger partial charge on any atom is -0.466 e. The number of ether oxygens (including phenoxy) is 1. The molecule has 0 amide bonds. The minimum atomic E-state index is -0.231. The summed E-state index contributed by atoms with van der Waals surface area (Å²) in [4.78, 5) is 13.6. The van der Waals surface area contributed by atoms with Gasteiger partial charge in [-0.15, -0.1) is 0 Å². The molecule has 0 aromatic carbocycles. The Balaban J connectivity index is 2.46. The fourth-order valence-electron chi connectivity index (χ4n) is 1.78. The summed E-state index contributed by atoms with van der Waals surface area (Å²) in [5.74, 6) is 0.934. The maximum atomic E-state index is 11.2. The highest BCUT2D eigenvalue weighted by atomic mass is 32.2. The van der Waals surface area contributed by atoms with Crippen molar-refractivity contribution in [1.29, 1.82) is 0 Å². The number of esters is 1. The molecule has 1 aliphatic rings. The first-order chi connectivity index (χ1) is 7.44. The summed E-state index contributed by atoms with van der Waals surface area (Å²) in [7, 11) is 1.42. The van der Waals surface area contributed by atoms with Gasteiger partial charge >= 0.3 is 5.97 Å². The monoisotopic (exact) mass is 243 g/mol. The summed E-state index contributed by atoms with van der Waals surface area (Å²) >= 11 is 2.02. The maximum Gasteiger partial charge on any atom is 0.333 e. The van der Waals surface area contributed by atoms with E-state index in [4.69, 9.17) is 0 Å². The Labute approximate surface area is 102 Å². The Hall–Kier alpha value is -0.480. The Bertz CT molecular complexity index is 287. The molecule has 0 aliphatic carbocycles. The number of nitrogens with zero attached hydrogens (tertiary/aromatic N) is 1. The Morgan fingerprint density at radius 3 is 2.81 bits per heavy atom. The molecule has 1 fully saturated rings. The fourth-order valence-corrected chi connectivity index (χ4v) is 2.96. The van der Waals surface area contributed by atoms with E-state index >= 15 is 0 Å². The van der Waals surface area contributed by atoms with Crippen LogP contribution in [0.2, 0.25) is 0 Å². The van der Waals surface area contributed by atoms with Crippen LogP contribution >= 0.6 is 11.8 Å². The zero-order chi connectivity index (χ0) is 12.2. The van der Waals surface area contributed by atoms with Crippen LogP contribution in [-0.4, -0.2) is 48.1 Å². The van der Waals surface area contributed by atoms with Gasteiger partial charge in [-0.25, -0.2) is 4.79 Å². The van der Waals surface area contributed by atoms with Crippen molar-refractivity contribution in [2.75, 3.05) is 32.5 Å². The van der Waals surface area contributed by atoms with Gasteiger partial charge in [0, 0.05) is 35.7 Å². The van der Waals surface area contributed by atoms with Crippen LogP contribution in [0.4, 0.5) is 0 Å². The molecule has 0 radical (unpaired) electrons. The minimum absolute atomic E-state index is 0.231. The first-order valence-electron chi connectivity index (χ1n) is 5.56.